The Bertz CT molecular complexity index is 2660. The van der Waals surface area contributed by atoms with Crippen LogP contribution in [0.25, 0.3) is 39.1 Å². The molecule has 1 heterocycles. The Morgan fingerprint density at radius 2 is 0.917 bits per heavy atom. The van der Waals surface area contributed by atoms with E-state index in [1.807, 2.05) is 36.4 Å². The second-order valence-electron chi connectivity index (χ2n) is 15.6. The van der Waals surface area contributed by atoms with Crippen LogP contribution in [0.5, 0.6) is 0 Å². The molecular formula is C55H49N5. The Balaban J connectivity index is 0.990. The largest absolute Gasteiger partial charge is 0.383 e. The average molecular weight is 780 g/mol. The first-order valence-corrected chi connectivity index (χ1v) is 20.8. The molecule has 3 atom stereocenters. The van der Waals surface area contributed by atoms with Gasteiger partial charge in [-0.3, -0.25) is 20.9 Å². The van der Waals surface area contributed by atoms with Gasteiger partial charge in [-0.15, -0.1) is 0 Å². The standard InChI is InChI=1S/C55H49N5/c1-38(36-39-16-6-2-7-17-39)37-51(57-52(56)43-18-8-3-9-19-43)42-30-26-40(27-31-42)47-34-35-48(50-25-15-14-24-49(47)50)41-28-32-46(33-29-41)55-59-53(44-20-10-4-11-21-44)58-54(60-55)45-22-12-5-13-23-45/h2-36,51,53-55,58-60H,37H2,1H3,(H2,56,57)/b38-36-. The molecule has 5 heteroatoms. The lowest BCUT2D eigenvalue weighted by Gasteiger charge is -2.39. The molecule has 1 saturated heterocycles. The molecule has 8 aromatic carbocycles. The van der Waals surface area contributed by atoms with Crippen molar-refractivity contribution >= 4 is 22.7 Å². The summed E-state index contributed by atoms with van der Waals surface area (Å²) in [7, 11) is 0. The number of nitrogens with two attached hydrogens (primary N) is 1. The summed E-state index contributed by atoms with van der Waals surface area (Å²) in [6, 6.07) is 72.7. The highest BCUT2D eigenvalue weighted by molar-refractivity contribution is 6.05. The van der Waals surface area contributed by atoms with Gasteiger partial charge in [0.25, 0.3) is 0 Å². The first-order valence-electron chi connectivity index (χ1n) is 20.8. The monoisotopic (exact) mass is 779 g/mol. The quantitative estimate of drug-likeness (QED) is 0.0779. The van der Waals surface area contributed by atoms with Crippen molar-refractivity contribution < 1.29 is 0 Å². The molecule has 1 aliphatic rings. The van der Waals surface area contributed by atoms with Gasteiger partial charge in [0, 0.05) is 5.56 Å². The van der Waals surface area contributed by atoms with E-state index in [0.29, 0.717) is 5.84 Å². The zero-order valence-corrected chi connectivity index (χ0v) is 33.7. The van der Waals surface area contributed by atoms with Gasteiger partial charge in [-0.05, 0) is 74.2 Å². The third kappa shape index (κ3) is 8.75. The van der Waals surface area contributed by atoms with Crippen molar-refractivity contribution in [2.45, 2.75) is 37.9 Å². The molecule has 1 fully saturated rings. The van der Waals surface area contributed by atoms with Crippen LogP contribution in [0.3, 0.4) is 0 Å². The van der Waals surface area contributed by atoms with Crippen molar-refractivity contribution in [3.05, 3.63) is 245 Å². The van der Waals surface area contributed by atoms with Crippen molar-refractivity contribution in [3.63, 3.8) is 0 Å². The minimum atomic E-state index is -0.134. The van der Waals surface area contributed by atoms with Gasteiger partial charge in [0.15, 0.2) is 0 Å². The molecule has 0 amide bonds. The van der Waals surface area contributed by atoms with E-state index in [4.69, 9.17) is 10.7 Å². The number of nitrogens with zero attached hydrogens (tertiary/aromatic N) is 1. The summed E-state index contributed by atoms with van der Waals surface area (Å²) >= 11 is 0. The van der Waals surface area contributed by atoms with Crippen LogP contribution >= 0.6 is 0 Å². The van der Waals surface area contributed by atoms with Gasteiger partial charge in [0.1, 0.15) is 5.84 Å². The van der Waals surface area contributed by atoms with E-state index in [9.17, 15) is 0 Å². The Labute approximate surface area is 353 Å². The summed E-state index contributed by atoms with van der Waals surface area (Å²) in [6.45, 7) is 2.17. The Hall–Kier alpha value is -6.89. The van der Waals surface area contributed by atoms with Crippen LogP contribution in [0.2, 0.25) is 0 Å². The smallest absolute Gasteiger partial charge is 0.126 e. The second kappa shape index (κ2) is 17.9. The highest BCUT2D eigenvalue weighted by Crippen LogP contribution is 2.38. The van der Waals surface area contributed by atoms with E-state index in [-0.39, 0.29) is 24.5 Å². The molecule has 60 heavy (non-hydrogen) atoms. The number of hydrogen-bond acceptors (Lipinski definition) is 4. The Kier molecular flexibility index (Phi) is 11.5. The predicted molar refractivity (Wildman–Crippen MR) is 250 cm³/mol. The summed E-state index contributed by atoms with van der Waals surface area (Å²) in [5, 5.41) is 13.8. The van der Waals surface area contributed by atoms with Crippen molar-refractivity contribution in [1.82, 2.24) is 16.0 Å². The lowest BCUT2D eigenvalue weighted by molar-refractivity contribution is 0.203. The normalized spacial score (nSPS) is 17.6. The first kappa shape index (κ1) is 38.6. The fraction of sp³-hybridized carbons (Fsp3) is 0.109. The van der Waals surface area contributed by atoms with Gasteiger partial charge in [0.2, 0.25) is 0 Å². The first-order chi connectivity index (χ1) is 29.6. The third-order valence-electron chi connectivity index (χ3n) is 11.4. The van der Waals surface area contributed by atoms with Gasteiger partial charge in [-0.1, -0.05) is 218 Å². The van der Waals surface area contributed by atoms with Gasteiger partial charge < -0.3 is 5.73 Å². The van der Waals surface area contributed by atoms with Crippen LogP contribution in [0.1, 0.15) is 71.3 Å². The molecule has 0 spiro atoms. The maximum atomic E-state index is 6.63. The molecule has 0 aromatic heterocycles. The fourth-order valence-electron chi connectivity index (χ4n) is 8.34. The van der Waals surface area contributed by atoms with Crippen LogP contribution in [0, 0.1) is 0 Å². The number of amidine groups is 1. The zero-order valence-electron chi connectivity index (χ0n) is 33.7. The van der Waals surface area contributed by atoms with Gasteiger partial charge in [0.05, 0.1) is 24.5 Å². The van der Waals surface area contributed by atoms with Crippen LogP contribution in [0.4, 0.5) is 0 Å². The van der Waals surface area contributed by atoms with Crippen molar-refractivity contribution in [3.8, 4) is 22.3 Å². The molecule has 1 aliphatic heterocycles. The maximum absolute atomic E-state index is 6.63. The second-order valence-corrected chi connectivity index (χ2v) is 15.6. The van der Waals surface area contributed by atoms with E-state index < -0.39 is 0 Å². The molecule has 9 rings (SSSR count). The SMILES string of the molecule is C/C(=C/c1ccccc1)CC(N=C(N)c1ccccc1)c1ccc(-c2ccc(-c3ccc(C4NC(c5ccccc5)NC(c5ccccc5)N4)cc3)c3ccccc23)cc1. The molecule has 5 nitrogen and oxygen atoms in total. The molecule has 8 aromatic rings. The minimum Gasteiger partial charge on any atom is -0.383 e. The molecule has 3 unspecified atom stereocenters. The Morgan fingerprint density at radius 3 is 1.42 bits per heavy atom. The van der Waals surface area contributed by atoms with Gasteiger partial charge in [-0.25, -0.2) is 0 Å². The van der Waals surface area contributed by atoms with Crippen LogP contribution in [-0.2, 0) is 0 Å². The molecule has 0 radical (unpaired) electrons. The van der Waals surface area contributed by atoms with E-state index in [1.54, 1.807) is 0 Å². The average Bonchev–Trinajstić information content (AvgIpc) is 3.32. The third-order valence-corrected chi connectivity index (χ3v) is 11.4. The summed E-state index contributed by atoms with van der Waals surface area (Å²) in [4.78, 5) is 5.11. The summed E-state index contributed by atoms with van der Waals surface area (Å²) in [5.74, 6) is 0.544. The minimum absolute atomic E-state index is 0.0143. The Morgan fingerprint density at radius 1 is 0.500 bits per heavy atom. The van der Waals surface area contributed by atoms with E-state index in [2.05, 4.69) is 199 Å². The molecule has 5 N–H and O–H groups in total. The number of fused-ring (bicyclic) bond motifs is 1. The predicted octanol–water partition coefficient (Wildman–Crippen LogP) is 12.3. The van der Waals surface area contributed by atoms with E-state index in [1.165, 1.54) is 55.3 Å². The van der Waals surface area contributed by atoms with Gasteiger partial charge in [-0.2, -0.15) is 0 Å². The lowest BCUT2D eigenvalue weighted by Crippen LogP contribution is -2.54. The van der Waals surface area contributed by atoms with Crippen molar-refractivity contribution in [2.75, 3.05) is 0 Å². The van der Waals surface area contributed by atoms with Crippen molar-refractivity contribution in [1.29, 1.82) is 0 Å². The van der Waals surface area contributed by atoms with E-state index in [0.717, 1.165) is 23.1 Å². The highest BCUT2D eigenvalue weighted by Gasteiger charge is 2.29. The molecule has 0 aliphatic carbocycles. The van der Waals surface area contributed by atoms with Crippen molar-refractivity contribution in [2.24, 2.45) is 10.7 Å². The summed E-state index contributed by atoms with van der Waals surface area (Å²) in [6.07, 6.45) is 2.91. The summed E-state index contributed by atoms with van der Waals surface area (Å²) < 4.78 is 0. The van der Waals surface area contributed by atoms with Crippen LogP contribution in [0.15, 0.2) is 217 Å². The number of nitrogens with one attached hydrogen (secondary N) is 3. The number of benzene rings is 8. The lowest BCUT2D eigenvalue weighted by atomic mass is 9.90. The topological polar surface area (TPSA) is 74.5 Å². The van der Waals surface area contributed by atoms with Gasteiger partial charge >= 0.3 is 0 Å². The molecule has 0 bridgehead atoms. The molecule has 0 saturated carbocycles. The number of aliphatic imine (C=N–C) groups is 1. The highest BCUT2D eigenvalue weighted by atomic mass is 15.4. The van der Waals surface area contributed by atoms with E-state index >= 15 is 0 Å². The maximum Gasteiger partial charge on any atom is 0.126 e. The fourth-order valence-corrected chi connectivity index (χ4v) is 8.34. The zero-order chi connectivity index (χ0) is 40.7. The number of rotatable bonds is 11. The number of hydrogen-bond donors (Lipinski definition) is 4. The van der Waals surface area contributed by atoms with Crippen LogP contribution in [-0.4, -0.2) is 5.84 Å². The summed E-state index contributed by atoms with van der Waals surface area (Å²) in [5.41, 5.74) is 19.4. The molecular weight excluding hydrogens is 731 g/mol. The molecule has 294 valence electrons. The van der Waals surface area contributed by atoms with Crippen LogP contribution < -0.4 is 21.7 Å².